The van der Waals surface area contributed by atoms with Crippen molar-refractivity contribution in [2.24, 2.45) is 4.99 Å². The maximum atomic E-state index is 12.9. The highest BCUT2D eigenvalue weighted by atomic mass is 35.5. The molecular weight excluding hydrogens is 486 g/mol. The Kier molecular flexibility index (Phi) is 7.55. The van der Waals surface area contributed by atoms with E-state index in [-0.39, 0.29) is 11.8 Å². The van der Waals surface area contributed by atoms with Gasteiger partial charge < -0.3 is 20.3 Å². The molecule has 2 heterocycles. The Labute approximate surface area is 221 Å². The van der Waals surface area contributed by atoms with E-state index in [2.05, 4.69) is 15.2 Å². The summed E-state index contributed by atoms with van der Waals surface area (Å²) in [4.78, 5) is 24.8. The molecule has 1 saturated heterocycles. The number of carbonyl (C=O) groups excluding carboxylic acids is 1. The van der Waals surface area contributed by atoms with E-state index in [1.165, 1.54) is 0 Å². The SMILES string of the molecule is CN(C(=O)CN1CCCNCC1)c1ccc(N=C(c2ccccc2)c2c(O)[nH]c3cc(Cl)ccc23)cc1. The number of aromatic hydroxyl groups is 1. The zero-order valence-electron chi connectivity index (χ0n) is 20.7. The molecule has 0 atom stereocenters. The lowest BCUT2D eigenvalue weighted by Gasteiger charge is -2.23. The van der Waals surface area contributed by atoms with Gasteiger partial charge in [-0.2, -0.15) is 0 Å². The van der Waals surface area contributed by atoms with Gasteiger partial charge in [-0.15, -0.1) is 0 Å². The summed E-state index contributed by atoms with van der Waals surface area (Å²) in [5.41, 5.74) is 4.38. The highest BCUT2D eigenvalue weighted by molar-refractivity contribution is 6.31. The second-order valence-corrected chi connectivity index (χ2v) is 9.65. The van der Waals surface area contributed by atoms with Crippen LogP contribution in [0, 0.1) is 0 Å². The summed E-state index contributed by atoms with van der Waals surface area (Å²) in [6, 6.07) is 22.8. The van der Waals surface area contributed by atoms with Crippen molar-refractivity contribution < 1.29 is 9.90 Å². The molecule has 0 spiro atoms. The van der Waals surface area contributed by atoms with E-state index in [0.717, 1.165) is 54.8 Å². The Morgan fingerprint density at radius 2 is 1.84 bits per heavy atom. The molecule has 0 radical (unpaired) electrons. The summed E-state index contributed by atoms with van der Waals surface area (Å²) in [6.07, 6.45) is 1.05. The van der Waals surface area contributed by atoms with Crippen LogP contribution in [0.3, 0.4) is 0 Å². The molecule has 1 aliphatic rings. The van der Waals surface area contributed by atoms with Crippen LogP contribution in [0.2, 0.25) is 5.02 Å². The lowest BCUT2D eigenvalue weighted by Crippen LogP contribution is -2.39. The normalized spacial score (nSPS) is 15.0. The predicted molar refractivity (Wildman–Crippen MR) is 150 cm³/mol. The minimum Gasteiger partial charge on any atom is -0.494 e. The van der Waals surface area contributed by atoms with Gasteiger partial charge in [0.15, 0.2) is 5.88 Å². The standard InChI is InChI=1S/C29H30ClN5O2/c1-34(26(36)19-35-16-5-14-31-15-17-35)23-11-9-22(10-12-23)32-28(20-6-3-2-4-7-20)27-24-13-8-21(30)18-25(24)33-29(27)37/h2-4,6-13,18,31,33,37H,5,14-17,19H2,1H3. The monoisotopic (exact) mass is 515 g/mol. The summed E-state index contributed by atoms with van der Waals surface area (Å²) in [7, 11) is 1.81. The van der Waals surface area contributed by atoms with Gasteiger partial charge in [0, 0.05) is 41.8 Å². The molecule has 1 aliphatic heterocycles. The van der Waals surface area contributed by atoms with Crippen molar-refractivity contribution in [3.8, 4) is 5.88 Å². The molecule has 7 nitrogen and oxygen atoms in total. The lowest BCUT2D eigenvalue weighted by atomic mass is 10.0. The van der Waals surface area contributed by atoms with Crippen LogP contribution in [-0.2, 0) is 4.79 Å². The summed E-state index contributed by atoms with van der Waals surface area (Å²) < 4.78 is 0. The van der Waals surface area contributed by atoms with E-state index < -0.39 is 0 Å². The Bertz CT molecular complexity index is 1410. The maximum Gasteiger partial charge on any atom is 0.240 e. The number of nitrogens with zero attached hydrogens (tertiary/aromatic N) is 3. The van der Waals surface area contributed by atoms with E-state index in [4.69, 9.17) is 16.6 Å². The number of carbonyl (C=O) groups is 1. The number of H-pyrrole nitrogens is 1. The fourth-order valence-electron chi connectivity index (χ4n) is 4.64. The smallest absolute Gasteiger partial charge is 0.240 e. The van der Waals surface area contributed by atoms with E-state index in [0.29, 0.717) is 28.5 Å². The zero-order chi connectivity index (χ0) is 25.8. The van der Waals surface area contributed by atoms with Crippen LogP contribution >= 0.6 is 11.6 Å². The first-order valence-corrected chi connectivity index (χ1v) is 12.8. The third-order valence-electron chi connectivity index (χ3n) is 6.67. The van der Waals surface area contributed by atoms with Crippen molar-refractivity contribution in [2.75, 3.05) is 44.7 Å². The zero-order valence-corrected chi connectivity index (χ0v) is 21.5. The van der Waals surface area contributed by atoms with E-state index in [9.17, 15) is 9.90 Å². The average Bonchev–Trinajstić information content (AvgIpc) is 3.05. The molecular formula is C29H30ClN5O2. The number of halogens is 1. The van der Waals surface area contributed by atoms with Crippen LogP contribution in [0.1, 0.15) is 17.5 Å². The van der Waals surface area contributed by atoms with Gasteiger partial charge >= 0.3 is 0 Å². The second kappa shape index (κ2) is 11.2. The molecule has 8 heteroatoms. The second-order valence-electron chi connectivity index (χ2n) is 9.21. The Balaban J connectivity index is 1.44. The number of aliphatic imine (C=N–C) groups is 1. The summed E-state index contributed by atoms with van der Waals surface area (Å²) in [6.45, 7) is 4.11. The predicted octanol–water partition coefficient (Wildman–Crippen LogP) is 4.95. The van der Waals surface area contributed by atoms with Gasteiger partial charge in [0.05, 0.1) is 29.0 Å². The van der Waals surface area contributed by atoms with Crippen molar-refractivity contribution in [2.45, 2.75) is 6.42 Å². The number of aromatic amines is 1. The summed E-state index contributed by atoms with van der Waals surface area (Å²) in [5, 5.41) is 15.6. The Morgan fingerprint density at radius 1 is 1.05 bits per heavy atom. The fourth-order valence-corrected chi connectivity index (χ4v) is 4.81. The number of aromatic nitrogens is 1. The van der Waals surface area contributed by atoms with Gasteiger partial charge in [-0.3, -0.25) is 9.69 Å². The highest BCUT2D eigenvalue weighted by Crippen LogP contribution is 2.33. The van der Waals surface area contributed by atoms with Crippen LogP contribution in [0.5, 0.6) is 5.88 Å². The number of anilines is 1. The molecule has 5 rings (SSSR count). The first-order valence-electron chi connectivity index (χ1n) is 12.4. The minimum atomic E-state index is 0.0329. The van der Waals surface area contributed by atoms with Gasteiger partial charge in [0.1, 0.15) is 0 Å². The Hall–Kier alpha value is -3.65. The van der Waals surface area contributed by atoms with Gasteiger partial charge in [0.25, 0.3) is 0 Å². The third kappa shape index (κ3) is 5.69. The molecule has 1 amide bonds. The quantitative estimate of drug-likeness (QED) is 0.317. The molecule has 37 heavy (non-hydrogen) atoms. The first-order chi connectivity index (χ1) is 18.0. The topological polar surface area (TPSA) is 84.0 Å². The van der Waals surface area contributed by atoms with Crippen LogP contribution in [0.15, 0.2) is 77.8 Å². The van der Waals surface area contributed by atoms with Gasteiger partial charge in [-0.1, -0.05) is 48.0 Å². The molecule has 0 saturated carbocycles. The van der Waals surface area contributed by atoms with Crippen LogP contribution in [0.25, 0.3) is 10.9 Å². The Morgan fingerprint density at radius 3 is 2.62 bits per heavy atom. The molecule has 1 fully saturated rings. The van der Waals surface area contributed by atoms with E-state index >= 15 is 0 Å². The fraction of sp³-hybridized carbons (Fsp3) is 0.241. The third-order valence-corrected chi connectivity index (χ3v) is 6.90. The maximum absolute atomic E-state index is 12.9. The number of fused-ring (bicyclic) bond motifs is 1. The van der Waals surface area contributed by atoms with Crippen LogP contribution < -0.4 is 10.2 Å². The van der Waals surface area contributed by atoms with Crippen molar-refractivity contribution >= 4 is 45.5 Å². The van der Waals surface area contributed by atoms with E-state index in [1.807, 2.05) is 60.7 Å². The molecule has 3 aromatic carbocycles. The summed E-state index contributed by atoms with van der Waals surface area (Å²) >= 11 is 6.17. The van der Waals surface area contributed by atoms with Gasteiger partial charge in [0.2, 0.25) is 5.91 Å². The summed E-state index contributed by atoms with van der Waals surface area (Å²) in [5.74, 6) is 0.0936. The number of amides is 1. The minimum absolute atomic E-state index is 0.0329. The molecule has 0 bridgehead atoms. The molecule has 0 aliphatic carbocycles. The number of benzene rings is 3. The average molecular weight is 516 g/mol. The molecule has 4 aromatic rings. The first kappa shape index (κ1) is 25.0. The lowest BCUT2D eigenvalue weighted by molar-refractivity contribution is -0.119. The van der Waals surface area contributed by atoms with Crippen molar-refractivity contribution in [1.82, 2.24) is 15.2 Å². The number of nitrogens with one attached hydrogen (secondary N) is 2. The van der Waals surface area contributed by atoms with Crippen molar-refractivity contribution in [1.29, 1.82) is 0 Å². The number of hydrogen-bond donors (Lipinski definition) is 3. The van der Waals surface area contributed by atoms with E-state index in [1.54, 1.807) is 24.1 Å². The number of hydrogen-bond acceptors (Lipinski definition) is 5. The molecule has 0 unspecified atom stereocenters. The number of likely N-dealkylation sites (N-methyl/N-ethyl adjacent to an activating group) is 1. The van der Waals surface area contributed by atoms with Crippen molar-refractivity contribution in [3.05, 3.63) is 88.9 Å². The molecule has 1 aromatic heterocycles. The van der Waals surface area contributed by atoms with Gasteiger partial charge in [-0.25, -0.2) is 4.99 Å². The van der Waals surface area contributed by atoms with Crippen molar-refractivity contribution in [3.63, 3.8) is 0 Å². The highest BCUT2D eigenvalue weighted by Gasteiger charge is 2.20. The van der Waals surface area contributed by atoms with Gasteiger partial charge in [-0.05, 0) is 55.9 Å². The van der Waals surface area contributed by atoms with Crippen LogP contribution in [-0.4, -0.2) is 66.4 Å². The number of rotatable bonds is 6. The molecule has 3 N–H and O–H groups in total. The largest absolute Gasteiger partial charge is 0.494 e. The molecule has 190 valence electrons. The van der Waals surface area contributed by atoms with Crippen LogP contribution in [0.4, 0.5) is 11.4 Å².